The van der Waals surface area contributed by atoms with E-state index in [2.05, 4.69) is 5.32 Å². The molecule has 4 rings (SSSR count). The van der Waals surface area contributed by atoms with Crippen molar-refractivity contribution in [2.75, 3.05) is 16.8 Å². The third-order valence-electron chi connectivity index (χ3n) is 5.10. The van der Waals surface area contributed by atoms with E-state index in [-0.39, 0.29) is 24.8 Å². The van der Waals surface area contributed by atoms with Gasteiger partial charge < -0.3 is 19.7 Å². The van der Waals surface area contributed by atoms with E-state index in [4.69, 9.17) is 21.1 Å². The van der Waals surface area contributed by atoms with Crippen LogP contribution in [0.1, 0.15) is 18.9 Å². The van der Waals surface area contributed by atoms with Crippen molar-refractivity contribution in [2.24, 2.45) is 0 Å². The molecule has 6 nitrogen and oxygen atoms in total. The first-order valence-electron chi connectivity index (χ1n) is 10.3. The molecule has 0 saturated carbocycles. The van der Waals surface area contributed by atoms with Crippen molar-refractivity contribution in [1.29, 1.82) is 0 Å². The first-order valence-corrected chi connectivity index (χ1v) is 10.7. The number of amides is 2. The van der Waals surface area contributed by atoms with E-state index in [1.54, 1.807) is 30.0 Å². The lowest BCUT2D eigenvalue weighted by Gasteiger charge is -2.32. The monoisotopic (exact) mass is 450 g/mol. The maximum absolute atomic E-state index is 12.7. The van der Waals surface area contributed by atoms with Crippen LogP contribution in [-0.4, -0.2) is 24.5 Å². The molecule has 0 bridgehead atoms. The van der Waals surface area contributed by atoms with Gasteiger partial charge in [0.25, 0.3) is 5.91 Å². The van der Waals surface area contributed by atoms with Crippen LogP contribution in [-0.2, 0) is 9.59 Å². The number of fused-ring (bicyclic) bond motifs is 1. The van der Waals surface area contributed by atoms with Gasteiger partial charge in [-0.05, 0) is 56.3 Å². The van der Waals surface area contributed by atoms with Crippen molar-refractivity contribution < 1.29 is 19.1 Å². The highest BCUT2D eigenvalue weighted by molar-refractivity contribution is 6.31. The zero-order valence-electron chi connectivity index (χ0n) is 17.8. The van der Waals surface area contributed by atoms with Gasteiger partial charge in [0, 0.05) is 18.0 Å². The van der Waals surface area contributed by atoms with Crippen molar-refractivity contribution in [3.05, 3.63) is 77.3 Å². The minimum absolute atomic E-state index is 0.100. The molecule has 7 heteroatoms. The molecule has 1 atom stereocenters. The molecule has 1 unspecified atom stereocenters. The van der Waals surface area contributed by atoms with Crippen LogP contribution in [0, 0.1) is 6.92 Å². The Bertz CT molecular complexity index is 1150. The van der Waals surface area contributed by atoms with E-state index in [0.29, 0.717) is 33.6 Å². The number of hydrogen-bond donors (Lipinski definition) is 1. The largest absolute Gasteiger partial charge is 0.479 e. The SMILES string of the molecule is Cc1ccc(Oc2ccc(Cl)cc2NC(=O)CCN2C(=O)C(C)Oc3ccccc32)cc1. The molecule has 0 fully saturated rings. The number of nitrogens with one attached hydrogen (secondary N) is 1. The number of carbonyl (C=O) groups excluding carboxylic acids is 2. The Morgan fingerprint density at radius 3 is 2.66 bits per heavy atom. The Hall–Kier alpha value is -3.51. The molecule has 0 aliphatic carbocycles. The number of rotatable bonds is 6. The summed E-state index contributed by atoms with van der Waals surface area (Å²) in [4.78, 5) is 26.9. The second-order valence-corrected chi connectivity index (χ2v) is 8.01. The maximum atomic E-state index is 12.7. The average Bonchev–Trinajstić information content (AvgIpc) is 2.77. The fourth-order valence-electron chi connectivity index (χ4n) is 3.44. The molecule has 164 valence electrons. The summed E-state index contributed by atoms with van der Waals surface area (Å²) in [6.07, 6.45) is -0.501. The van der Waals surface area contributed by atoms with Crippen LogP contribution in [0.15, 0.2) is 66.7 Å². The van der Waals surface area contributed by atoms with E-state index in [1.165, 1.54) is 0 Å². The lowest BCUT2D eigenvalue weighted by Crippen LogP contribution is -2.45. The van der Waals surface area contributed by atoms with Gasteiger partial charge in [0.05, 0.1) is 11.4 Å². The van der Waals surface area contributed by atoms with Gasteiger partial charge in [-0.25, -0.2) is 0 Å². The molecule has 0 radical (unpaired) electrons. The highest BCUT2D eigenvalue weighted by Crippen LogP contribution is 2.34. The van der Waals surface area contributed by atoms with Crippen molar-refractivity contribution in [3.8, 4) is 17.2 Å². The summed E-state index contributed by atoms with van der Waals surface area (Å²) >= 11 is 6.14. The first kappa shape index (κ1) is 21.7. The second kappa shape index (κ2) is 9.32. The summed E-state index contributed by atoms with van der Waals surface area (Å²) < 4.78 is 11.6. The molecule has 0 aromatic heterocycles. The molecule has 2 amide bonds. The van der Waals surface area contributed by atoms with Gasteiger partial charge in [0.2, 0.25) is 5.91 Å². The molecular formula is C25H23ClN2O4. The number of ether oxygens (including phenoxy) is 2. The highest BCUT2D eigenvalue weighted by Gasteiger charge is 2.31. The number of hydrogen-bond acceptors (Lipinski definition) is 4. The minimum atomic E-state index is -0.601. The standard InChI is InChI=1S/C25H23ClN2O4/c1-16-7-10-19(11-8-16)32-22-12-9-18(26)15-20(22)27-24(29)13-14-28-21-5-3-4-6-23(21)31-17(2)25(28)30/h3-12,15,17H,13-14H2,1-2H3,(H,27,29). The summed E-state index contributed by atoms with van der Waals surface area (Å²) in [6, 6.07) is 20.0. The third kappa shape index (κ3) is 4.86. The molecule has 0 spiro atoms. The number of nitrogens with zero attached hydrogens (tertiary/aromatic N) is 1. The van der Waals surface area contributed by atoms with Gasteiger partial charge in [-0.3, -0.25) is 9.59 Å². The van der Waals surface area contributed by atoms with Gasteiger partial charge in [0.15, 0.2) is 11.9 Å². The quantitative estimate of drug-likeness (QED) is 0.532. The third-order valence-corrected chi connectivity index (χ3v) is 5.34. The summed E-state index contributed by atoms with van der Waals surface area (Å²) in [5.74, 6) is 1.32. The Morgan fingerprint density at radius 2 is 1.88 bits per heavy atom. The van der Waals surface area contributed by atoms with Crippen molar-refractivity contribution in [2.45, 2.75) is 26.4 Å². The van der Waals surface area contributed by atoms with E-state index in [0.717, 1.165) is 5.56 Å². The second-order valence-electron chi connectivity index (χ2n) is 7.57. The van der Waals surface area contributed by atoms with Crippen LogP contribution < -0.4 is 19.7 Å². The molecule has 1 heterocycles. The molecule has 32 heavy (non-hydrogen) atoms. The Kier molecular flexibility index (Phi) is 6.32. The van der Waals surface area contributed by atoms with Crippen molar-refractivity contribution >= 4 is 34.8 Å². The van der Waals surface area contributed by atoms with E-state index in [1.807, 2.05) is 55.5 Å². The predicted octanol–water partition coefficient (Wildman–Crippen LogP) is 5.58. The topological polar surface area (TPSA) is 67.9 Å². The zero-order chi connectivity index (χ0) is 22.7. The molecule has 1 N–H and O–H groups in total. The van der Waals surface area contributed by atoms with Crippen LogP contribution in [0.25, 0.3) is 0 Å². The summed E-state index contributed by atoms with van der Waals surface area (Å²) in [5, 5.41) is 3.33. The normalized spacial score (nSPS) is 15.0. The van der Waals surface area contributed by atoms with Crippen LogP contribution in [0.5, 0.6) is 17.2 Å². The summed E-state index contributed by atoms with van der Waals surface area (Å²) in [6.45, 7) is 3.92. The van der Waals surface area contributed by atoms with Crippen LogP contribution in [0.3, 0.4) is 0 Å². The lowest BCUT2D eigenvalue weighted by molar-refractivity contribution is -0.125. The number of para-hydroxylation sites is 2. The van der Waals surface area contributed by atoms with E-state index in [9.17, 15) is 9.59 Å². The fraction of sp³-hybridized carbons (Fsp3) is 0.200. The summed E-state index contributed by atoms with van der Waals surface area (Å²) in [5.41, 5.74) is 2.25. The van der Waals surface area contributed by atoms with Gasteiger partial charge in [-0.2, -0.15) is 0 Å². The molecular weight excluding hydrogens is 428 g/mol. The minimum Gasteiger partial charge on any atom is -0.479 e. The number of aryl methyl sites for hydroxylation is 1. The van der Waals surface area contributed by atoms with Crippen LogP contribution >= 0.6 is 11.6 Å². The van der Waals surface area contributed by atoms with Gasteiger partial charge in [-0.15, -0.1) is 0 Å². The number of carbonyl (C=O) groups is 2. The van der Waals surface area contributed by atoms with Crippen molar-refractivity contribution in [1.82, 2.24) is 0 Å². The van der Waals surface area contributed by atoms with E-state index < -0.39 is 6.10 Å². The molecule has 1 aliphatic heterocycles. The number of halogens is 1. The maximum Gasteiger partial charge on any atom is 0.267 e. The van der Waals surface area contributed by atoms with Crippen LogP contribution in [0.4, 0.5) is 11.4 Å². The lowest BCUT2D eigenvalue weighted by atomic mass is 10.1. The molecule has 3 aromatic rings. The molecule has 0 saturated heterocycles. The number of benzene rings is 3. The Morgan fingerprint density at radius 1 is 1.12 bits per heavy atom. The van der Waals surface area contributed by atoms with Crippen molar-refractivity contribution in [3.63, 3.8) is 0 Å². The molecule has 3 aromatic carbocycles. The van der Waals surface area contributed by atoms with Gasteiger partial charge >= 0.3 is 0 Å². The summed E-state index contributed by atoms with van der Waals surface area (Å²) in [7, 11) is 0. The zero-order valence-corrected chi connectivity index (χ0v) is 18.6. The Labute approximate surface area is 191 Å². The van der Waals surface area contributed by atoms with E-state index >= 15 is 0 Å². The smallest absolute Gasteiger partial charge is 0.267 e. The van der Waals surface area contributed by atoms with Gasteiger partial charge in [-0.1, -0.05) is 41.4 Å². The first-order chi connectivity index (χ1) is 15.4. The van der Waals surface area contributed by atoms with Crippen LogP contribution in [0.2, 0.25) is 5.02 Å². The fourth-order valence-corrected chi connectivity index (χ4v) is 3.61. The highest BCUT2D eigenvalue weighted by atomic mass is 35.5. The predicted molar refractivity (Wildman–Crippen MR) is 125 cm³/mol. The average molecular weight is 451 g/mol. The molecule has 1 aliphatic rings. The van der Waals surface area contributed by atoms with Gasteiger partial charge in [0.1, 0.15) is 11.5 Å². The Balaban J connectivity index is 1.46. The number of anilines is 2.